The summed E-state index contributed by atoms with van der Waals surface area (Å²) >= 11 is 0. The Morgan fingerprint density at radius 1 is 0.408 bits per heavy atom. The maximum absolute atomic E-state index is 6.48. The third kappa shape index (κ3) is 5.60. The van der Waals surface area contributed by atoms with Gasteiger partial charge in [-0.05, 0) is 87.5 Å². The molecule has 1 aromatic heterocycles. The van der Waals surface area contributed by atoms with Crippen LogP contribution in [0.25, 0.3) is 55.3 Å². The molecule has 9 rings (SSSR count). The van der Waals surface area contributed by atoms with Crippen molar-refractivity contribution in [1.29, 1.82) is 0 Å². The smallest absolute Gasteiger partial charge is 0.159 e. The van der Waals surface area contributed by atoms with Gasteiger partial charge in [0, 0.05) is 21.9 Å². The molecule has 232 valence electrons. The number of benzene rings is 7. The molecular formula is C45H31N3O. The average molecular weight is 630 g/mol. The van der Waals surface area contributed by atoms with E-state index >= 15 is 0 Å². The largest absolute Gasteiger partial charge is 0.456 e. The highest BCUT2D eigenvalue weighted by Gasteiger charge is 2.22. The lowest BCUT2D eigenvalue weighted by atomic mass is 9.93. The van der Waals surface area contributed by atoms with Crippen LogP contribution in [0, 0.1) is 0 Å². The molecule has 0 bridgehead atoms. The van der Waals surface area contributed by atoms with Crippen LogP contribution < -0.4 is 5.32 Å². The summed E-state index contributed by atoms with van der Waals surface area (Å²) in [6, 6.07) is 61.2. The van der Waals surface area contributed by atoms with E-state index in [2.05, 4.69) is 139 Å². The van der Waals surface area contributed by atoms with Crippen molar-refractivity contribution in [3.8, 4) is 33.4 Å². The van der Waals surface area contributed by atoms with Crippen molar-refractivity contribution in [3.63, 3.8) is 0 Å². The number of amidine groups is 2. The number of furan rings is 1. The minimum Gasteiger partial charge on any atom is -0.456 e. The summed E-state index contributed by atoms with van der Waals surface area (Å²) in [5.41, 5.74) is 11.7. The Hall–Kier alpha value is -6.52. The zero-order valence-corrected chi connectivity index (χ0v) is 26.6. The van der Waals surface area contributed by atoms with E-state index in [1.165, 1.54) is 22.3 Å². The molecular weight excluding hydrogens is 599 g/mol. The van der Waals surface area contributed by atoms with Crippen molar-refractivity contribution in [1.82, 2.24) is 5.32 Å². The number of rotatable bonds is 6. The zero-order chi connectivity index (χ0) is 32.6. The number of fused-ring (bicyclic) bond motifs is 3. The first-order valence-corrected chi connectivity index (χ1v) is 16.5. The van der Waals surface area contributed by atoms with Crippen LogP contribution in [-0.4, -0.2) is 11.7 Å². The summed E-state index contributed by atoms with van der Waals surface area (Å²) in [7, 11) is 0. The molecule has 0 radical (unpaired) electrons. The molecule has 1 unspecified atom stereocenters. The third-order valence-corrected chi connectivity index (χ3v) is 9.12. The number of hydrogen-bond donors (Lipinski definition) is 1. The predicted molar refractivity (Wildman–Crippen MR) is 202 cm³/mol. The van der Waals surface area contributed by atoms with E-state index in [9.17, 15) is 0 Å². The molecule has 1 aliphatic rings. The first-order chi connectivity index (χ1) is 24.2. The standard InChI is InChI=1S/C45H31N3O/c1-5-13-30(14-6-1)36-25-37(31-15-7-2-8-16-31)27-38(26-36)34-21-23-39-40-28-35(22-24-41(40)49-42(39)29-34)45-47-43(32-17-9-3-10-18-32)46-44(48-45)33-19-11-4-12-20-33/h1-29,43H,(H,46,47,48). The lowest BCUT2D eigenvalue weighted by Crippen LogP contribution is -2.33. The van der Waals surface area contributed by atoms with Gasteiger partial charge in [-0.2, -0.15) is 0 Å². The Kier molecular flexibility index (Phi) is 7.17. The molecule has 2 heterocycles. The van der Waals surface area contributed by atoms with Crippen LogP contribution in [0.1, 0.15) is 22.9 Å². The Morgan fingerprint density at radius 3 is 1.59 bits per heavy atom. The van der Waals surface area contributed by atoms with Crippen molar-refractivity contribution in [2.75, 3.05) is 0 Å². The van der Waals surface area contributed by atoms with Gasteiger partial charge in [0.2, 0.25) is 0 Å². The molecule has 4 nitrogen and oxygen atoms in total. The molecule has 1 atom stereocenters. The highest BCUT2D eigenvalue weighted by Crippen LogP contribution is 2.37. The van der Waals surface area contributed by atoms with Crippen LogP contribution in [-0.2, 0) is 0 Å². The van der Waals surface area contributed by atoms with Gasteiger partial charge in [0.05, 0.1) is 0 Å². The maximum Gasteiger partial charge on any atom is 0.159 e. The van der Waals surface area contributed by atoms with Crippen LogP contribution >= 0.6 is 0 Å². The summed E-state index contributed by atoms with van der Waals surface area (Å²) in [5.74, 6) is 1.49. The summed E-state index contributed by atoms with van der Waals surface area (Å²) in [5, 5.41) is 5.70. The molecule has 49 heavy (non-hydrogen) atoms. The van der Waals surface area contributed by atoms with E-state index < -0.39 is 0 Å². The van der Waals surface area contributed by atoms with Crippen LogP contribution in [0.3, 0.4) is 0 Å². The van der Waals surface area contributed by atoms with Gasteiger partial charge >= 0.3 is 0 Å². The summed E-state index contributed by atoms with van der Waals surface area (Å²) in [4.78, 5) is 10.0. The number of aliphatic imine (C=N–C) groups is 2. The first-order valence-electron chi connectivity index (χ1n) is 16.5. The fourth-order valence-corrected chi connectivity index (χ4v) is 6.61. The van der Waals surface area contributed by atoms with E-state index in [0.29, 0.717) is 5.84 Å². The monoisotopic (exact) mass is 629 g/mol. The highest BCUT2D eigenvalue weighted by atomic mass is 16.3. The molecule has 0 amide bonds. The second kappa shape index (κ2) is 12.3. The second-order valence-electron chi connectivity index (χ2n) is 12.3. The second-order valence-corrected chi connectivity index (χ2v) is 12.3. The molecule has 0 spiro atoms. The Balaban J connectivity index is 1.12. The number of nitrogens with zero attached hydrogens (tertiary/aromatic N) is 2. The lowest BCUT2D eigenvalue weighted by molar-refractivity contribution is 0.668. The van der Waals surface area contributed by atoms with Crippen molar-refractivity contribution >= 4 is 33.6 Å². The van der Waals surface area contributed by atoms with E-state index in [-0.39, 0.29) is 6.17 Å². The molecule has 0 aliphatic carbocycles. The van der Waals surface area contributed by atoms with Gasteiger partial charge in [-0.3, -0.25) is 0 Å². The van der Waals surface area contributed by atoms with Gasteiger partial charge in [0.1, 0.15) is 23.2 Å². The van der Waals surface area contributed by atoms with E-state index in [4.69, 9.17) is 14.4 Å². The molecule has 0 fully saturated rings. The van der Waals surface area contributed by atoms with E-state index in [0.717, 1.165) is 55.6 Å². The van der Waals surface area contributed by atoms with Gasteiger partial charge in [0.25, 0.3) is 0 Å². The predicted octanol–water partition coefficient (Wildman–Crippen LogP) is 11.1. The van der Waals surface area contributed by atoms with Crippen LogP contribution in [0.15, 0.2) is 190 Å². The Labute approximate surface area is 284 Å². The Bertz CT molecular complexity index is 2440. The van der Waals surface area contributed by atoms with Crippen molar-refractivity contribution in [2.45, 2.75) is 6.17 Å². The summed E-state index contributed by atoms with van der Waals surface area (Å²) in [6.07, 6.45) is -0.254. The number of nitrogens with one attached hydrogen (secondary N) is 1. The molecule has 1 N–H and O–H groups in total. The van der Waals surface area contributed by atoms with Gasteiger partial charge < -0.3 is 9.73 Å². The topological polar surface area (TPSA) is 49.9 Å². The van der Waals surface area contributed by atoms with Crippen molar-refractivity contribution < 1.29 is 4.42 Å². The van der Waals surface area contributed by atoms with Gasteiger partial charge in [-0.1, -0.05) is 127 Å². The fraction of sp³-hybridized carbons (Fsp3) is 0.0222. The SMILES string of the molecule is c1ccc(C2=NC(c3ccccc3)NC(c3ccc4oc5cc(-c6cc(-c7ccccc7)cc(-c7ccccc7)c6)ccc5c4c3)=N2)cc1. The number of hydrogen-bond acceptors (Lipinski definition) is 4. The normalized spacial score (nSPS) is 14.3. The maximum atomic E-state index is 6.48. The molecule has 1 aliphatic heterocycles. The molecule has 4 heteroatoms. The average Bonchev–Trinajstić information content (AvgIpc) is 3.56. The molecule has 7 aromatic carbocycles. The molecule has 8 aromatic rings. The lowest BCUT2D eigenvalue weighted by Gasteiger charge is -2.23. The molecule has 0 saturated carbocycles. The summed E-state index contributed by atoms with van der Waals surface area (Å²) in [6.45, 7) is 0. The quantitative estimate of drug-likeness (QED) is 0.199. The Morgan fingerprint density at radius 2 is 0.959 bits per heavy atom. The van der Waals surface area contributed by atoms with Gasteiger partial charge in [0.15, 0.2) is 5.84 Å². The van der Waals surface area contributed by atoms with Crippen molar-refractivity contribution in [2.24, 2.45) is 9.98 Å². The van der Waals surface area contributed by atoms with E-state index in [1.54, 1.807) is 0 Å². The first kappa shape index (κ1) is 28.7. The van der Waals surface area contributed by atoms with E-state index in [1.807, 2.05) is 42.5 Å². The van der Waals surface area contributed by atoms with Crippen LogP contribution in [0.5, 0.6) is 0 Å². The third-order valence-electron chi connectivity index (χ3n) is 9.12. The summed E-state index contributed by atoms with van der Waals surface area (Å²) < 4.78 is 6.48. The minimum atomic E-state index is -0.254. The highest BCUT2D eigenvalue weighted by molar-refractivity contribution is 6.15. The minimum absolute atomic E-state index is 0.254. The van der Waals surface area contributed by atoms with Gasteiger partial charge in [-0.25, -0.2) is 9.98 Å². The van der Waals surface area contributed by atoms with Crippen LogP contribution in [0.2, 0.25) is 0 Å². The zero-order valence-electron chi connectivity index (χ0n) is 26.6. The van der Waals surface area contributed by atoms with Crippen molar-refractivity contribution in [3.05, 3.63) is 193 Å². The fourth-order valence-electron chi connectivity index (χ4n) is 6.61. The van der Waals surface area contributed by atoms with Gasteiger partial charge in [-0.15, -0.1) is 0 Å². The molecule has 0 saturated heterocycles. The van der Waals surface area contributed by atoms with Crippen LogP contribution in [0.4, 0.5) is 0 Å².